The number of hydrogen-bond donors (Lipinski definition) is 0. The van der Waals surface area contributed by atoms with Crippen LogP contribution in [0.3, 0.4) is 0 Å². The maximum absolute atomic E-state index is 5.19. The van der Waals surface area contributed by atoms with Crippen LogP contribution in [0, 0.1) is 0 Å². The van der Waals surface area contributed by atoms with Gasteiger partial charge in [0, 0.05) is 22.5 Å². The summed E-state index contributed by atoms with van der Waals surface area (Å²) in [7, 11) is 0. The van der Waals surface area contributed by atoms with Crippen LogP contribution in [0.1, 0.15) is 0 Å². The van der Waals surface area contributed by atoms with Crippen molar-refractivity contribution in [1.82, 2.24) is 19.1 Å². The van der Waals surface area contributed by atoms with Gasteiger partial charge in [-0.25, -0.2) is 9.97 Å². The number of para-hydroxylation sites is 6. The van der Waals surface area contributed by atoms with E-state index < -0.39 is 0 Å². The van der Waals surface area contributed by atoms with Crippen LogP contribution in [0.25, 0.3) is 67.3 Å². The molecule has 0 aliphatic rings. The molecule has 0 aliphatic heterocycles. The first-order valence-corrected chi connectivity index (χ1v) is 14.1. The van der Waals surface area contributed by atoms with Gasteiger partial charge in [-0.1, -0.05) is 109 Å². The highest BCUT2D eigenvalue weighted by atomic mass is 15.1. The third kappa shape index (κ3) is 3.93. The summed E-state index contributed by atoms with van der Waals surface area (Å²) < 4.78 is 4.52. The van der Waals surface area contributed by atoms with E-state index in [-0.39, 0.29) is 0 Å². The summed E-state index contributed by atoms with van der Waals surface area (Å²) >= 11 is 0. The van der Waals surface area contributed by atoms with Crippen molar-refractivity contribution >= 4 is 22.1 Å². The minimum Gasteiger partial charge on any atom is -0.292 e. The summed E-state index contributed by atoms with van der Waals surface area (Å²) in [6.45, 7) is 0. The van der Waals surface area contributed by atoms with Gasteiger partial charge in [-0.05, 0) is 59.7 Å². The summed E-state index contributed by atoms with van der Waals surface area (Å²) in [5, 5.41) is 0. The van der Waals surface area contributed by atoms with Gasteiger partial charge >= 0.3 is 0 Å². The van der Waals surface area contributed by atoms with Crippen molar-refractivity contribution in [3.8, 4) is 45.3 Å². The molecule has 42 heavy (non-hydrogen) atoms. The molecule has 0 amide bonds. The fraction of sp³-hybridized carbons (Fsp3) is 0. The molecule has 0 N–H and O–H groups in total. The monoisotopic (exact) mass is 538 g/mol. The molecule has 0 spiro atoms. The van der Waals surface area contributed by atoms with Crippen molar-refractivity contribution in [2.24, 2.45) is 0 Å². The maximum atomic E-state index is 5.19. The number of rotatable bonds is 5. The largest absolute Gasteiger partial charge is 0.292 e. The molecule has 0 saturated carbocycles. The average molecular weight is 539 g/mol. The molecular weight excluding hydrogens is 512 g/mol. The van der Waals surface area contributed by atoms with Crippen LogP contribution in [0.2, 0.25) is 0 Å². The van der Waals surface area contributed by atoms with Crippen molar-refractivity contribution in [3.05, 3.63) is 158 Å². The van der Waals surface area contributed by atoms with Crippen LogP contribution in [-0.4, -0.2) is 19.1 Å². The van der Waals surface area contributed by atoms with Gasteiger partial charge in [0.1, 0.15) is 11.6 Å². The number of nitrogens with zero attached hydrogens (tertiary/aromatic N) is 4. The Bertz CT molecular complexity index is 2030. The molecule has 6 aromatic carbocycles. The molecule has 0 bridgehead atoms. The smallest absolute Gasteiger partial charge is 0.146 e. The molecule has 4 heteroatoms. The molecule has 0 aliphatic carbocycles. The fourth-order valence-electron chi connectivity index (χ4n) is 5.92. The van der Waals surface area contributed by atoms with Gasteiger partial charge in [0.05, 0.1) is 22.1 Å². The molecule has 198 valence electrons. The molecule has 4 nitrogen and oxygen atoms in total. The van der Waals surface area contributed by atoms with Crippen LogP contribution >= 0.6 is 0 Å². The molecule has 8 aromatic rings. The second-order valence-electron chi connectivity index (χ2n) is 10.3. The quantitative estimate of drug-likeness (QED) is 0.219. The highest BCUT2D eigenvalue weighted by Gasteiger charge is 2.21. The van der Waals surface area contributed by atoms with Crippen molar-refractivity contribution in [2.45, 2.75) is 0 Å². The van der Waals surface area contributed by atoms with Gasteiger partial charge in [0.2, 0.25) is 0 Å². The summed E-state index contributed by atoms with van der Waals surface area (Å²) in [5.74, 6) is 1.81. The predicted octanol–water partition coefficient (Wildman–Crippen LogP) is 9.37. The SMILES string of the molecule is c1ccc(-n2c(-c3ccccc3-c3ccccc3-c3nc4ccccc4n3-c3ccccc3)nc3ccccc32)cc1. The predicted molar refractivity (Wildman–Crippen MR) is 172 cm³/mol. The van der Waals surface area contributed by atoms with E-state index in [1.807, 2.05) is 24.3 Å². The lowest BCUT2D eigenvalue weighted by Crippen LogP contribution is -2.01. The van der Waals surface area contributed by atoms with Crippen LogP contribution in [-0.2, 0) is 0 Å². The molecule has 0 saturated heterocycles. The van der Waals surface area contributed by atoms with Gasteiger partial charge < -0.3 is 0 Å². The van der Waals surface area contributed by atoms with Gasteiger partial charge in [0.15, 0.2) is 0 Å². The Morgan fingerprint density at radius 3 is 1.07 bits per heavy atom. The number of fused-ring (bicyclic) bond motifs is 2. The van der Waals surface area contributed by atoms with E-state index in [0.29, 0.717) is 0 Å². The second kappa shape index (κ2) is 10.0. The second-order valence-corrected chi connectivity index (χ2v) is 10.3. The van der Waals surface area contributed by atoms with E-state index in [4.69, 9.17) is 9.97 Å². The van der Waals surface area contributed by atoms with E-state index in [2.05, 4.69) is 143 Å². The Morgan fingerprint density at radius 1 is 0.310 bits per heavy atom. The summed E-state index contributed by atoms with van der Waals surface area (Å²) in [4.78, 5) is 10.4. The zero-order chi connectivity index (χ0) is 27.9. The summed E-state index contributed by atoms with van der Waals surface area (Å²) in [6, 6.07) is 54.7. The first-order chi connectivity index (χ1) is 20.9. The number of benzene rings is 6. The Labute approximate surface area is 243 Å². The number of aromatic nitrogens is 4. The van der Waals surface area contributed by atoms with Crippen molar-refractivity contribution in [2.75, 3.05) is 0 Å². The lowest BCUT2D eigenvalue weighted by molar-refractivity contribution is 1.10. The Balaban J connectivity index is 1.40. The normalized spacial score (nSPS) is 11.3. The number of imidazole rings is 2. The van der Waals surface area contributed by atoms with Crippen molar-refractivity contribution in [3.63, 3.8) is 0 Å². The molecular formula is C38H26N4. The molecule has 8 rings (SSSR count). The molecule has 0 fully saturated rings. The minimum absolute atomic E-state index is 0.907. The standard InChI is InChI=1S/C38H26N4/c1-3-15-27(16-4-1)41-35-25-13-11-23-33(35)39-37(41)31-21-9-7-19-29(31)30-20-8-10-22-32(30)38-40-34-24-12-14-26-36(34)42(38)28-17-5-2-6-18-28/h1-26H. The lowest BCUT2D eigenvalue weighted by atomic mass is 9.94. The van der Waals surface area contributed by atoms with E-state index >= 15 is 0 Å². The Kier molecular flexibility index (Phi) is 5.75. The highest BCUT2D eigenvalue weighted by molar-refractivity contribution is 5.94. The maximum Gasteiger partial charge on any atom is 0.146 e. The fourth-order valence-corrected chi connectivity index (χ4v) is 5.92. The minimum atomic E-state index is 0.907. The van der Waals surface area contributed by atoms with Gasteiger partial charge in [0.25, 0.3) is 0 Å². The van der Waals surface area contributed by atoms with E-state index in [1.54, 1.807) is 0 Å². The van der Waals surface area contributed by atoms with Crippen molar-refractivity contribution < 1.29 is 0 Å². The summed E-state index contributed by atoms with van der Waals surface area (Å²) in [6.07, 6.45) is 0. The number of hydrogen-bond acceptors (Lipinski definition) is 2. The van der Waals surface area contributed by atoms with E-state index in [1.165, 1.54) is 0 Å². The third-order valence-electron chi connectivity index (χ3n) is 7.78. The summed E-state index contributed by atoms with van der Waals surface area (Å²) in [5.41, 5.74) is 10.6. The Morgan fingerprint density at radius 2 is 0.643 bits per heavy atom. The third-order valence-corrected chi connectivity index (χ3v) is 7.78. The first kappa shape index (κ1) is 24.1. The first-order valence-electron chi connectivity index (χ1n) is 14.1. The van der Waals surface area contributed by atoms with Crippen LogP contribution in [0.5, 0.6) is 0 Å². The molecule has 0 radical (unpaired) electrons. The average Bonchev–Trinajstić information content (AvgIpc) is 3.65. The van der Waals surface area contributed by atoms with Gasteiger partial charge in [-0.3, -0.25) is 9.13 Å². The van der Waals surface area contributed by atoms with Gasteiger partial charge in [-0.15, -0.1) is 0 Å². The molecule has 0 unspecified atom stereocenters. The van der Waals surface area contributed by atoms with E-state index in [9.17, 15) is 0 Å². The Hall–Kier alpha value is -5.74. The van der Waals surface area contributed by atoms with Gasteiger partial charge in [-0.2, -0.15) is 0 Å². The lowest BCUT2D eigenvalue weighted by Gasteiger charge is -2.16. The zero-order valence-electron chi connectivity index (χ0n) is 22.8. The molecule has 2 heterocycles. The van der Waals surface area contributed by atoms with E-state index in [0.717, 1.165) is 67.3 Å². The molecule has 2 aromatic heterocycles. The van der Waals surface area contributed by atoms with Crippen LogP contribution in [0.15, 0.2) is 158 Å². The molecule has 0 atom stereocenters. The van der Waals surface area contributed by atoms with Crippen molar-refractivity contribution in [1.29, 1.82) is 0 Å². The topological polar surface area (TPSA) is 35.6 Å². The van der Waals surface area contributed by atoms with Crippen LogP contribution in [0.4, 0.5) is 0 Å². The highest BCUT2D eigenvalue weighted by Crippen LogP contribution is 2.40. The zero-order valence-corrected chi connectivity index (χ0v) is 22.8. The van der Waals surface area contributed by atoms with Crippen LogP contribution < -0.4 is 0 Å².